The fraction of sp³-hybridized carbons (Fsp3) is 0.500. The Kier molecular flexibility index (Phi) is 6.69. The average molecular weight is 247 g/mol. The first-order chi connectivity index (χ1) is 8.69. The molecule has 0 aliphatic carbocycles. The molecule has 0 radical (unpaired) electrons. The largest absolute Gasteiger partial charge is 0.375 e. The lowest BCUT2D eigenvalue weighted by Gasteiger charge is -2.25. The average Bonchev–Trinajstić information content (AvgIpc) is 2.37. The molecule has 0 saturated heterocycles. The fourth-order valence-corrected chi connectivity index (χ4v) is 2.06. The van der Waals surface area contributed by atoms with Crippen LogP contribution < -0.4 is 5.32 Å². The minimum absolute atomic E-state index is 0.0626. The molecule has 0 aliphatic heterocycles. The van der Waals surface area contributed by atoms with E-state index < -0.39 is 0 Å². The molecule has 2 heteroatoms. The third-order valence-corrected chi connectivity index (χ3v) is 2.85. The van der Waals surface area contributed by atoms with Gasteiger partial charge in [0.2, 0.25) is 0 Å². The topological polar surface area (TPSA) is 21.3 Å². The van der Waals surface area contributed by atoms with Crippen LogP contribution in [0.25, 0.3) is 0 Å². The second-order valence-corrected chi connectivity index (χ2v) is 4.79. The minimum Gasteiger partial charge on any atom is -0.375 e. The maximum absolute atomic E-state index is 5.69. The third kappa shape index (κ3) is 4.63. The molecule has 2 atom stereocenters. The highest BCUT2D eigenvalue weighted by Gasteiger charge is 2.20. The first-order valence-electron chi connectivity index (χ1n) is 6.65. The molecule has 0 heterocycles. The lowest BCUT2D eigenvalue weighted by Crippen LogP contribution is -2.35. The Hall–Kier alpha value is -1.12. The summed E-state index contributed by atoms with van der Waals surface area (Å²) in [6.07, 6.45) is 3.43. The fourth-order valence-electron chi connectivity index (χ4n) is 2.06. The van der Waals surface area contributed by atoms with Crippen LogP contribution in [0.2, 0.25) is 0 Å². The van der Waals surface area contributed by atoms with E-state index in [2.05, 4.69) is 56.4 Å². The van der Waals surface area contributed by atoms with Crippen LogP contribution >= 0.6 is 0 Å². The molecular formula is C16H25NO. The lowest BCUT2D eigenvalue weighted by atomic mass is 10.00. The van der Waals surface area contributed by atoms with Crippen molar-refractivity contribution < 1.29 is 4.74 Å². The number of rotatable bonds is 7. The van der Waals surface area contributed by atoms with Gasteiger partial charge in [0.25, 0.3) is 0 Å². The number of benzene rings is 1. The first kappa shape index (κ1) is 14.9. The summed E-state index contributed by atoms with van der Waals surface area (Å²) in [5.74, 6) is 0. The maximum Gasteiger partial charge on any atom is 0.101 e. The van der Waals surface area contributed by atoms with E-state index in [9.17, 15) is 0 Å². The van der Waals surface area contributed by atoms with Crippen LogP contribution in [-0.4, -0.2) is 19.7 Å². The highest BCUT2D eigenvalue weighted by molar-refractivity contribution is 5.22. The Morgan fingerprint density at radius 3 is 2.44 bits per heavy atom. The van der Waals surface area contributed by atoms with Gasteiger partial charge in [0.15, 0.2) is 0 Å². The molecule has 1 rings (SSSR count). The van der Waals surface area contributed by atoms with Gasteiger partial charge in [0.05, 0.1) is 6.04 Å². The van der Waals surface area contributed by atoms with Crippen LogP contribution in [0.3, 0.4) is 0 Å². The van der Waals surface area contributed by atoms with Crippen molar-refractivity contribution in [2.24, 2.45) is 0 Å². The van der Waals surface area contributed by atoms with E-state index in [4.69, 9.17) is 4.74 Å². The van der Waals surface area contributed by atoms with E-state index in [1.807, 2.05) is 6.07 Å². The van der Waals surface area contributed by atoms with E-state index in [0.717, 1.165) is 13.0 Å². The van der Waals surface area contributed by atoms with Crippen LogP contribution in [-0.2, 0) is 4.74 Å². The summed E-state index contributed by atoms with van der Waals surface area (Å²) >= 11 is 0. The monoisotopic (exact) mass is 247 g/mol. The minimum atomic E-state index is 0.0626. The Balaban J connectivity index is 2.89. The summed E-state index contributed by atoms with van der Waals surface area (Å²) in [4.78, 5) is 0. The first-order valence-corrected chi connectivity index (χ1v) is 6.65. The van der Waals surface area contributed by atoms with Crippen molar-refractivity contribution in [3.63, 3.8) is 0 Å². The Bertz CT molecular complexity index is 355. The molecule has 0 fully saturated rings. The van der Waals surface area contributed by atoms with Crippen LogP contribution in [0.5, 0.6) is 0 Å². The van der Waals surface area contributed by atoms with Gasteiger partial charge >= 0.3 is 0 Å². The van der Waals surface area contributed by atoms with Gasteiger partial charge in [-0.3, -0.25) is 0 Å². The Labute approximate surface area is 111 Å². The van der Waals surface area contributed by atoms with Crippen molar-refractivity contribution in [2.75, 3.05) is 13.7 Å². The molecule has 0 bridgehead atoms. The number of allylic oxidation sites excluding steroid dienone is 1. The zero-order chi connectivity index (χ0) is 13.4. The van der Waals surface area contributed by atoms with E-state index >= 15 is 0 Å². The predicted octanol–water partition coefficient (Wildman–Crippen LogP) is 3.71. The van der Waals surface area contributed by atoms with Crippen LogP contribution in [0, 0.1) is 0 Å². The summed E-state index contributed by atoms with van der Waals surface area (Å²) in [5.41, 5.74) is 2.52. The van der Waals surface area contributed by atoms with E-state index in [1.165, 1.54) is 11.1 Å². The predicted molar refractivity (Wildman–Crippen MR) is 77.7 cm³/mol. The zero-order valence-corrected chi connectivity index (χ0v) is 11.9. The molecule has 1 aromatic carbocycles. The summed E-state index contributed by atoms with van der Waals surface area (Å²) < 4.78 is 5.69. The molecule has 2 nitrogen and oxygen atoms in total. The van der Waals surface area contributed by atoms with Gasteiger partial charge in [-0.05, 0) is 32.4 Å². The Morgan fingerprint density at radius 1 is 1.28 bits per heavy atom. The summed E-state index contributed by atoms with van der Waals surface area (Å²) in [6, 6.07) is 10.6. The second kappa shape index (κ2) is 8.06. The highest BCUT2D eigenvalue weighted by atomic mass is 16.5. The third-order valence-electron chi connectivity index (χ3n) is 2.85. The maximum atomic E-state index is 5.69. The number of nitrogens with one attached hydrogen (secondary N) is 1. The van der Waals surface area contributed by atoms with Gasteiger partial charge in [0, 0.05) is 7.11 Å². The SMILES string of the molecule is CCCNC(C=C(C)C)C(OC)c1ccccc1. The molecule has 1 aromatic rings. The molecule has 0 aromatic heterocycles. The van der Waals surface area contributed by atoms with Gasteiger partial charge < -0.3 is 10.1 Å². The van der Waals surface area contributed by atoms with Gasteiger partial charge in [-0.15, -0.1) is 0 Å². The van der Waals surface area contributed by atoms with E-state index in [1.54, 1.807) is 7.11 Å². The quantitative estimate of drug-likeness (QED) is 0.742. The van der Waals surface area contributed by atoms with Crippen molar-refractivity contribution in [1.82, 2.24) is 5.32 Å². The number of ether oxygens (including phenoxy) is 1. The van der Waals surface area contributed by atoms with Crippen molar-refractivity contribution in [2.45, 2.75) is 39.3 Å². The molecule has 0 saturated carbocycles. The smallest absolute Gasteiger partial charge is 0.101 e. The van der Waals surface area contributed by atoms with Gasteiger partial charge in [-0.1, -0.05) is 48.9 Å². The molecule has 2 unspecified atom stereocenters. The van der Waals surface area contributed by atoms with Crippen molar-refractivity contribution in [3.8, 4) is 0 Å². The molecule has 0 aliphatic rings. The van der Waals surface area contributed by atoms with Crippen molar-refractivity contribution in [3.05, 3.63) is 47.5 Å². The molecule has 1 N–H and O–H groups in total. The highest BCUT2D eigenvalue weighted by Crippen LogP contribution is 2.22. The number of hydrogen-bond donors (Lipinski definition) is 1. The van der Waals surface area contributed by atoms with Crippen molar-refractivity contribution in [1.29, 1.82) is 0 Å². The van der Waals surface area contributed by atoms with Gasteiger partial charge in [-0.25, -0.2) is 0 Å². The molecule has 18 heavy (non-hydrogen) atoms. The number of hydrogen-bond acceptors (Lipinski definition) is 2. The molecule has 0 amide bonds. The van der Waals surface area contributed by atoms with Crippen molar-refractivity contribution >= 4 is 0 Å². The Morgan fingerprint density at radius 2 is 1.94 bits per heavy atom. The second-order valence-electron chi connectivity index (χ2n) is 4.79. The van der Waals surface area contributed by atoms with Crippen LogP contribution in [0.15, 0.2) is 42.0 Å². The van der Waals surface area contributed by atoms with Gasteiger partial charge in [0.1, 0.15) is 6.10 Å². The van der Waals surface area contributed by atoms with Gasteiger partial charge in [-0.2, -0.15) is 0 Å². The van der Waals surface area contributed by atoms with E-state index in [0.29, 0.717) is 0 Å². The summed E-state index contributed by atoms with van der Waals surface area (Å²) in [5, 5.41) is 3.55. The molecule has 100 valence electrons. The zero-order valence-electron chi connectivity index (χ0n) is 11.9. The molecular weight excluding hydrogens is 222 g/mol. The number of methoxy groups -OCH3 is 1. The standard InChI is InChI=1S/C16H25NO/c1-5-11-17-15(12-13(2)3)16(18-4)14-9-7-6-8-10-14/h6-10,12,15-17H,5,11H2,1-4H3. The lowest BCUT2D eigenvalue weighted by molar-refractivity contribution is 0.0817. The summed E-state index contributed by atoms with van der Waals surface area (Å²) in [7, 11) is 1.77. The summed E-state index contributed by atoms with van der Waals surface area (Å²) in [6.45, 7) is 7.43. The van der Waals surface area contributed by atoms with Crippen LogP contribution in [0.4, 0.5) is 0 Å². The normalized spacial score (nSPS) is 14.0. The van der Waals surface area contributed by atoms with E-state index in [-0.39, 0.29) is 12.1 Å². The molecule has 0 spiro atoms. The van der Waals surface area contributed by atoms with Crippen LogP contribution in [0.1, 0.15) is 38.9 Å².